The number of thiophene rings is 1. The maximum absolute atomic E-state index is 9.22. The third-order valence-electron chi connectivity index (χ3n) is 2.18. The molecule has 74 valence electrons. The van der Waals surface area contributed by atoms with E-state index >= 15 is 0 Å². The van der Waals surface area contributed by atoms with Gasteiger partial charge in [0.15, 0.2) is 0 Å². The van der Waals surface area contributed by atoms with Crippen LogP contribution in [0, 0.1) is 0 Å². The smallest absolute Gasteiger partial charge is 0.0696 e. The van der Waals surface area contributed by atoms with Crippen molar-refractivity contribution in [1.82, 2.24) is 0 Å². The average molecular weight is 336 g/mol. The molecular weight excluding hydrogens is 328 g/mol. The molecule has 0 amide bonds. The highest BCUT2D eigenvalue weighted by atomic mass is 79.9. The van der Waals surface area contributed by atoms with Gasteiger partial charge in [0, 0.05) is 14.5 Å². The lowest BCUT2D eigenvalue weighted by atomic mass is 10.1. The number of aliphatic hydroxyl groups is 1. The van der Waals surface area contributed by atoms with Gasteiger partial charge in [0.2, 0.25) is 0 Å². The molecule has 1 aromatic heterocycles. The Morgan fingerprint density at radius 3 is 2.86 bits per heavy atom. The highest BCUT2D eigenvalue weighted by Gasteiger charge is 2.10. The maximum Gasteiger partial charge on any atom is 0.0696 e. The summed E-state index contributed by atoms with van der Waals surface area (Å²) in [4.78, 5) is 0. The Balaban J connectivity index is 2.81. The molecule has 0 aliphatic carbocycles. The first kappa shape index (κ1) is 10.6. The van der Waals surface area contributed by atoms with Crippen LogP contribution in [0.2, 0.25) is 0 Å². The Hall–Kier alpha value is 0.1000. The third-order valence-corrected chi connectivity index (χ3v) is 4.43. The summed E-state index contributed by atoms with van der Waals surface area (Å²) in [6.07, 6.45) is 0. The van der Waals surface area contributed by atoms with Crippen LogP contribution in [0.15, 0.2) is 22.0 Å². The van der Waals surface area contributed by atoms with E-state index in [0.29, 0.717) is 0 Å². The van der Waals surface area contributed by atoms with Crippen LogP contribution in [-0.4, -0.2) is 5.11 Å². The van der Waals surface area contributed by atoms with Crippen molar-refractivity contribution in [3.05, 3.63) is 33.1 Å². The zero-order valence-corrected chi connectivity index (χ0v) is 11.2. The third kappa shape index (κ3) is 1.65. The maximum atomic E-state index is 9.22. The average Bonchev–Trinajstić information content (AvgIpc) is 2.65. The van der Waals surface area contributed by atoms with Crippen molar-refractivity contribution in [3.63, 3.8) is 0 Å². The van der Waals surface area contributed by atoms with Crippen molar-refractivity contribution in [2.24, 2.45) is 0 Å². The summed E-state index contributed by atoms with van der Waals surface area (Å²) in [6.45, 7) is 0.0954. The van der Waals surface area contributed by atoms with E-state index in [4.69, 9.17) is 0 Å². The Bertz CT molecular complexity index is 464. The van der Waals surface area contributed by atoms with E-state index in [2.05, 4.69) is 43.3 Å². The van der Waals surface area contributed by atoms with Crippen LogP contribution in [0.3, 0.4) is 0 Å². The first-order valence-electron chi connectivity index (χ1n) is 4.12. The molecule has 1 heterocycles. The van der Waals surface area contributed by atoms with Crippen LogP contribution in [0.4, 0.5) is 0 Å². The second-order valence-electron chi connectivity index (χ2n) is 2.95. The van der Waals surface area contributed by atoms with E-state index in [-0.39, 0.29) is 6.61 Å². The molecule has 0 bridgehead atoms. The summed E-state index contributed by atoms with van der Waals surface area (Å²) >= 11 is 8.67. The van der Waals surface area contributed by atoms with Crippen molar-refractivity contribution < 1.29 is 5.11 Å². The molecule has 0 saturated carbocycles. The normalized spacial score (nSPS) is 11.1. The Morgan fingerprint density at radius 1 is 1.43 bits per heavy atom. The lowest BCUT2D eigenvalue weighted by molar-refractivity contribution is 0.283. The number of rotatable bonds is 2. The zero-order valence-electron chi connectivity index (χ0n) is 7.26. The lowest BCUT2D eigenvalue weighted by Crippen LogP contribution is -1.88. The molecule has 0 spiro atoms. The molecule has 1 aromatic carbocycles. The molecular formula is C10H8Br2OS. The quantitative estimate of drug-likeness (QED) is 0.821. The van der Waals surface area contributed by atoms with Crippen LogP contribution < -0.4 is 0 Å². The summed E-state index contributed by atoms with van der Waals surface area (Å²) in [6, 6.07) is 4.09. The number of hydrogen-bond donors (Lipinski definition) is 1. The number of fused-ring (bicyclic) bond motifs is 1. The number of alkyl halides is 1. The Labute approximate surface area is 103 Å². The van der Waals surface area contributed by atoms with Gasteiger partial charge in [0.25, 0.3) is 0 Å². The fourth-order valence-electron chi connectivity index (χ4n) is 1.48. The van der Waals surface area contributed by atoms with E-state index < -0.39 is 0 Å². The summed E-state index contributed by atoms with van der Waals surface area (Å²) in [7, 11) is 0. The highest BCUT2D eigenvalue weighted by molar-refractivity contribution is 9.10. The highest BCUT2D eigenvalue weighted by Crippen LogP contribution is 2.34. The number of hydrogen-bond acceptors (Lipinski definition) is 2. The molecule has 0 aliphatic rings. The van der Waals surface area contributed by atoms with Crippen LogP contribution >= 0.6 is 43.2 Å². The standard InChI is InChI=1S/C10H8Br2OS/c11-4-8-7-1-2-14-10(7)6(5-13)3-9(8)12/h1-3,13H,4-5H2. The number of halogens is 2. The fraction of sp³-hybridized carbons (Fsp3) is 0.200. The van der Waals surface area contributed by atoms with Gasteiger partial charge in [-0.2, -0.15) is 0 Å². The van der Waals surface area contributed by atoms with Crippen molar-refractivity contribution >= 4 is 53.3 Å². The van der Waals surface area contributed by atoms with Crippen molar-refractivity contribution in [3.8, 4) is 0 Å². The molecule has 0 radical (unpaired) electrons. The second-order valence-corrected chi connectivity index (χ2v) is 5.28. The molecule has 2 aromatic rings. The van der Waals surface area contributed by atoms with Gasteiger partial charge in [-0.3, -0.25) is 0 Å². The van der Waals surface area contributed by atoms with Gasteiger partial charge in [-0.15, -0.1) is 11.3 Å². The topological polar surface area (TPSA) is 20.2 Å². The van der Waals surface area contributed by atoms with Crippen LogP contribution in [0.1, 0.15) is 11.1 Å². The van der Waals surface area contributed by atoms with E-state index in [1.165, 1.54) is 15.6 Å². The first-order chi connectivity index (χ1) is 6.77. The Kier molecular flexibility index (Phi) is 3.27. The predicted octanol–water partition coefficient (Wildman–Crippen LogP) is 4.05. The molecule has 0 saturated heterocycles. The SMILES string of the molecule is OCc1cc(Br)c(CBr)c2ccsc12. The van der Waals surface area contributed by atoms with Crippen LogP contribution in [0.5, 0.6) is 0 Å². The van der Waals surface area contributed by atoms with E-state index in [9.17, 15) is 5.11 Å². The van der Waals surface area contributed by atoms with Crippen LogP contribution in [-0.2, 0) is 11.9 Å². The van der Waals surface area contributed by atoms with Gasteiger partial charge in [0.05, 0.1) is 6.61 Å². The first-order valence-corrected chi connectivity index (χ1v) is 6.91. The minimum atomic E-state index is 0.0954. The van der Waals surface area contributed by atoms with Gasteiger partial charge in [-0.05, 0) is 34.0 Å². The molecule has 4 heteroatoms. The van der Waals surface area contributed by atoms with Crippen molar-refractivity contribution in [2.45, 2.75) is 11.9 Å². The van der Waals surface area contributed by atoms with Crippen molar-refractivity contribution in [2.75, 3.05) is 0 Å². The van der Waals surface area contributed by atoms with E-state index in [1.807, 2.05) is 6.07 Å². The van der Waals surface area contributed by atoms with Crippen molar-refractivity contribution in [1.29, 1.82) is 0 Å². The summed E-state index contributed by atoms with van der Waals surface area (Å²) in [5.74, 6) is 0. The lowest BCUT2D eigenvalue weighted by Gasteiger charge is -2.06. The van der Waals surface area contributed by atoms with Gasteiger partial charge in [-0.1, -0.05) is 31.9 Å². The second kappa shape index (κ2) is 4.31. The molecule has 0 unspecified atom stereocenters. The molecule has 2 rings (SSSR count). The van der Waals surface area contributed by atoms with E-state index in [1.54, 1.807) is 11.3 Å². The molecule has 1 N–H and O–H groups in total. The van der Waals surface area contributed by atoms with Gasteiger partial charge in [-0.25, -0.2) is 0 Å². The van der Waals surface area contributed by atoms with Gasteiger partial charge >= 0.3 is 0 Å². The van der Waals surface area contributed by atoms with Gasteiger partial charge < -0.3 is 5.11 Å². The molecule has 14 heavy (non-hydrogen) atoms. The molecule has 1 nitrogen and oxygen atoms in total. The van der Waals surface area contributed by atoms with E-state index in [0.717, 1.165) is 15.4 Å². The number of aliphatic hydroxyl groups excluding tert-OH is 1. The minimum absolute atomic E-state index is 0.0954. The predicted molar refractivity (Wildman–Crippen MR) is 68.1 cm³/mol. The Morgan fingerprint density at radius 2 is 2.21 bits per heavy atom. The zero-order chi connectivity index (χ0) is 10.1. The fourth-order valence-corrected chi connectivity index (χ4v) is 4.03. The summed E-state index contributed by atoms with van der Waals surface area (Å²) < 4.78 is 2.24. The molecule has 0 fully saturated rings. The largest absolute Gasteiger partial charge is 0.392 e. The minimum Gasteiger partial charge on any atom is -0.392 e. The molecule has 0 atom stereocenters. The molecule has 0 aliphatic heterocycles. The van der Waals surface area contributed by atoms with Gasteiger partial charge in [0.1, 0.15) is 0 Å². The number of benzene rings is 1. The summed E-state index contributed by atoms with van der Waals surface area (Å²) in [5, 5.41) is 13.3. The summed E-state index contributed by atoms with van der Waals surface area (Å²) in [5.41, 5.74) is 2.24. The van der Waals surface area contributed by atoms with Crippen LogP contribution in [0.25, 0.3) is 10.1 Å². The monoisotopic (exact) mass is 334 g/mol.